The molecule has 0 aromatic heterocycles. The van der Waals surface area contributed by atoms with Crippen LogP contribution in [-0.4, -0.2) is 19.1 Å². The number of carbonyl (C=O) groups excluding carboxylic acids is 1. The van der Waals surface area contributed by atoms with E-state index in [1.165, 1.54) is 43.5 Å². The first-order valence-corrected chi connectivity index (χ1v) is 6.44. The van der Waals surface area contributed by atoms with E-state index in [1.807, 2.05) is 0 Å². The number of methoxy groups -OCH3 is 1. The molecule has 2 rings (SSSR count). The molecule has 0 N–H and O–H groups in total. The first-order chi connectivity index (χ1) is 10.4. The molecule has 0 saturated heterocycles. The van der Waals surface area contributed by atoms with Gasteiger partial charge in [-0.05, 0) is 23.8 Å². The lowest BCUT2D eigenvalue weighted by molar-refractivity contribution is -0.0689. The van der Waals surface area contributed by atoms with E-state index in [-0.39, 0.29) is 11.1 Å². The van der Waals surface area contributed by atoms with Crippen LogP contribution in [0, 0.1) is 0 Å². The third-order valence-electron chi connectivity index (χ3n) is 3.04. The van der Waals surface area contributed by atoms with Gasteiger partial charge in [-0.15, -0.1) is 0 Å². The fraction of sp³-hybridized carbons (Fsp3) is 0.118. The molecule has 0 bridgehead atoms. The van der Waals surface area contributed by atoms with E-state index in [2.05, 4.69) is 0 Å². The number of alkyl halides is 3. The lowest BCUT2D eigenvalue weighted by atomic mass is 10.0. The van der Waals surface area contributed by atoms with Crippen LogP contribution in [0.25, 0.3) is 5.57 Å². The second kappa shape index (κ2) is 6.47. The fourth-order valence-corrected chi connectivity index (χ4v) is 1.92. The summed E-state index contributed by atoms with van der Waals surface area (Å²) in [6.07, 6.45) is -4.00. The van der Waals surface area contributed by atoms with Gasteiger partial charge in [0, 0.05) is 5.56 Å². The monoisotopic (exact) mass is 306 g/mol. The third kappa shape index (κ3) is 3.75. The van der Waals surface area contributed by atoms with E-state index in [0.29, 0.717) is 11.8 Å². The van der Waals surface area contributed by atoms with Crippen molar-refractivity contribution in [2.24, 2.45) is 0 Å². The molecular formula is C17H13F3O2. The predicted molar refractivity (Wildman–Crippen MR) is 77.8 cm³/mol. The molecule has 0 spiro atoms. The fourth-order valence-electron chi connectivity index (χ4n) is 1.92. The lowest BCUT2D eigenvalue weighted by Crippen LogP contribution is -2.12. The molecule has 0 aliphatic rings. The largest absolute Gasteiger partial charge is 0.497 e. The Morgan fingerprint density at radius 3 is 2.05 bits per heavy atom. The summed E-state index contributed by atoms with van der Waals surface area (Å²) >= 11 is 0. The van der Waals surface area contributed by atoms with Crippen LogP contribution in [0.2, 0.25) is 0 Å². The minimum absolute atomic E-state index is 0.0856. The van der Waals surface area contributed by atoms with Crippen LogP contribution in [0.1, 0.15) is 15.9 Å². The molecule has 0 atom stereocenters. The van der Waals surface area contributed by atoms with Crippen LogP contribution in [0.15, 0.2) is 60.7 Å². The van der Waals surface area contributed by atoms with E-state index in [0.717, 1.165) is 0 Å². The maximum Gasteiger partial charge on any atom is 0.417 e. The summed E-state index contributed by atoms with van der Waals surface area (Å²) in [6, 6.07) is 13.2. The second-order valence-electron chi connectivity index (χ2n) is 4.51. The molecule has 114 valence electrons. The molecule has 0 aliphatic carbocycles. The number of halogens is 3. The van der Waals surface area contributed by atoms with Crippen molar-refractivity contribution in [1.29, 1.82) is 0 Å². The van der Waals surface area contributed by atoms with Gasteiger partial charge in [-0.2, -0.15) is 13.2 Å². The van der Waals surface area contributed by atoms with Crippen LogP contribution in [-0.2, 0) is 0 Å². The quantitative estimate of drug-likeness (QED) is 0.613. The number of hydrogen-bond donors (Lipinski definition) is 0. The first kappa shape index (κ1) is 15.8. The number of allylic oxidation sites excluding steroid dienone is 2. The molecule has 0 heterocycles. The van der Waals surface area contributed by atoms with Crippen molar-refractivity contribution in [3.8, 4) is 5.75 Å². The zero-order chi connectivity index (χ0) is 16.2. The van der Waals surface area contributed by atoms with E-state index >= 15 is 0 Å². The smallest absolute Gasteiger partial charge is 0.417 e. The zero-order valence-corrected chi connectivity index (χ0v) is 11.7. The number of hydrogen-bond acceptors (Lipinski definition) is 2. The van der Waals surface area contributed by atoms with E-state index in [1.54, 1.807) is 18.2 Å². The maximum atomic E-state index is 13.2. The van der Waals surface area contributed by atoms with Gasteiger partial charge in [0.2, 0.25) is 0 Å². The molecule has 0 fully saturated rings. The highest BCUT2D eigenvalue weighted by atomic mass is 19.4. The molecule has 22 heavy (non-hydrogen) atoms. The summed E-state index contributed by atoms with van der Waals surface area (Å²) in [5, 5.41) is 0. The van der Waals surface area contributed by atoms with Crippen molar-refractivity contribution >= 4 is 11.4 Å². The zero-order valence-electron chi connectivity index (χ0n) is 11.7. The van der Waals surface area contributed by atoms with Crippen LogP contribution in [0.4, 0.5) is 13.2 Å². The number of rotatable bonds is 4. The minimum atomic E-state index is -4.63. The summed E-state index contributed by atoms with van der Waals surface area (Å²) < 4.78 is 44.6. The molecule has 0 unspecified atom stereocenters. The van der Waals surface area contributed by atoms with Gasteiger partial charge >= 0.3 is 6.18 Å². The van der Waals surface area contributed by atoms with E-state index < -0.39 is 17.5 Å². The molecule has 5 heteroatoms. The van der Waals surface area contributed by atoms with Gasteiger partial charge < -0.3 is 4.74 Å². The summed E-state index contributed by atoms with van der Waals surface area (Å²) in [6.45, 7) is 0. The van der Waals surface area contributed by atoms with E-state index in [4.69, 9.17) is 4.74 Å². The maximum absolute atomic E-state index is 13.2. The number of ether oxygens (including phenoxy) is 1. The van der Waals surface area contributed by atoms with Gasteiger partial charge in [-0.3, -0.25) is 4.79 Å². The Balaban J connectivity index is 2.42. The van der Waals surface area contributed by atoms with Crippen molar-refractivity contribution in [2.75, 3.05) is 7.11 Å². The molecule has 0 aliphatic heterocycles. The van der Waals surface area contributed by atoms with Crippen molar-refractivity contribution in [3.05, 3.63) is 71.8 Å². The highest BCUT2D eigenvalue weighted by Gasteiger charge is 2.35. The van der Waals surface area contributed by atoms with Gasteiger partial charge in [-0.25, -0.2) is 0 Å². The van der Waals surface area contributed by atoms with Gasteiger partial charge in [0.1, 0.15) is 5.75 Å². The number of ketones is 1. The third-order valence-corrected chi connectivity index (χ3v) is 3.04. The van der Waals surface area contributed by atoms with Gasteiger partial charge in [0.15, 0.2) is 5.78 Å². The van der Waals surface area contributed by atoms with Crippen molar-refractivity contribution < 1.29 is 22.7 Å². The average Bonchev–Trinajstić information content (AvgIpc) is 2.52. The van der Waals surface area contributed by atoms with Crippen LogP contribution < -0.4 is 4.74 Å². The summed E-state index contributed by atoms with van der Waals surface area (Å²) in [7, 11) is 1.43. The SMILES string of the molecule is COc1ccc(/C(=C/C(=O)c2ccccc2)C(F)(F)F)cc1. The van der Waals surface area contributed by atoms with E-state index in [9.17, 15) is 18.0 Å². The Morgan fingerprint density at radius 1 is 0.955 bits per heavy atom. The van der Waals surface area contributed by atoms with Crippen molar-refractivity contribution in [3.63, 3.8) is 0 Å². The van der Waals surface area contributed by atoms with Gasteiger partial charge in [-0.1, -0.05) is 42.5 Å². The lowest BCUT2D eigenvalue weighted by Gasteiger charge is -2.12. The van der Waals surface area contributed by atoms with Crippen molar-refractivity contribution in [2.45, 2.75) is 6.18 Å². The molecule has 2 nitrogen and oxygen atoms in total. The Bertz CT molecular complexity index is 671. The number of benzene rings is 2. The minimum Gasteiger partial charge on any atom is -0.497 e. The normalized spacial score (nSPS) is 12.1. The first-order valence-electron chi connectivity index (χ1n) is 6.44. The topological polar surface area (TPSA) is 26.3 Å². The van der Waals surface area contributed by atoms with Gasteiger partial charge in [0.25, 0.3) is 0 Å². The highest BCUT2D eigenvalue weighted by molar-refractivity contribution is 6.09. The Hall–Kier alpha value is -2.56. The molecular weight excluding hydrogens is 293 g/mol. The van der Waals surface area contributed by atoms with Crippen LogP contribution in [0.3, 0.4) is 0 Å². The molecule has 0 saturated carbocycles. The summed E-state index contributed by atoms with van der Waals surface area (Å²) in [4.78, 5) is 12.0. The molecule has 0 amide bonds. The summed E-state index contributed by atoms with van der Waals surface area (Å²) in [5.41, 5.74) is -0.862. The Kier molecular flexibility index (Phi) is 4.65. The highest BCUT2D eigenvalue weighted by Crippen LogP contribution is 2.34. The van der Waals surface area contributed by atoms with Crippen LogP contribution in [0.5, 0.6) is 5.75 Å². The molecule has 2 aromatic carbocycles. The Morgan fingerprint density at radius 2 is 1.55 bits per heavy atom. The summed E-state index contributed by atoms with van der Waals surface area (Å²) in [5.74, 6) is -0.247. The van der Waals surface area contributed by atoms with Crippen molar-refractivity contribution in [1.82, 2.24) is 0 Å². The molecule has 2 aromatic rings. The molecule has 0 radical (unpaired) electrons. The standard InChI is InChI=1S/C17H13F3O2/c1-22-14-9-7-12(8-10-14)15(17(18,19)20)11-16(21)13-5-3-2-4-6-13/h2-11H,1H3/b15-11-. The Labute approximate surface area is 125 Å². The predicted octanol–water partition coefficient (Wildman–Crippen LogP) is 4.52. The van der Waals surface area contributed by atoms with Gasteiger partial charge in [0.05, 0.1) is 12.7 Å². The van der Waals surface area contributed by atoms with Crippen LogP contribution >= 0.6 is 0 Å². The average molecular weight is 306 g/mol. The number of carbonyl (C=O) groups is 1. The second-order valence-corrected chi connectivity index (χ2v) is 4.51.